The Morgan fingerprint density at radius 2 is 2.09 bits per heavy atom. The van der Waals surface area contributed by atoms with E-state index < -0.39 is 6.10 Å². The standard InChI is InChI=1S/C18H21N3OS/c1-13-6-3-4-7-15(13)16(22)11-19-10-14-12-21(2)20-18(14)17-8-5-9-23-17/h3-9,12,16,19,22H,10-11H2,1-2H3. The van der Waals surface area contributed by atoms with Gasteiger partial charge in [-0.25, -0.2) is 0 Å². The molecule has 2 heterocycles. The number of aryl methyl sites for hydroxylation is 2. The van der Waals surface area contributed by atoms with Gasteiger partial charge in [0.2, 0.25) is 0 Å². The van der Waals surface area contributed by atoms with Gasteiger partial charge in [0.05, 0.1) is 11.0 Å². The molecule has 0 aliphatic carbocycles. The zero-order chi connectivity index (χ0) is 16.2. The summed E-state index contributed by atoms with van der Waals surface area (Å²) >= 11 is 1.69. The highest BCUT2D eigenvalue weighted by molar-refractivity contribution is 7.13. The van der Waals surface area contributed by atoms with Gasteiger partial charge in [-0.3, -0.25) is 4.68 Å². The Morgan fingerprint density at radius 1 is 1.26 bits per heavy atom. The summed E-state index contributed by atoms with van der Waals surface area (Å²) in [5.74, 6) is 0. The van der Waals surface area contributed by atoms with Crippen molar-refractivity contribution in [3.05, 3.63) is 64.7 Å². The lowest BCUT2D eigenvalue weighted by molar-refractivity contribution is 0.173. The molecule has 0 aliphatic heterocycles. The molecule has 3 rings (SSSR count). The lowest BCUT2D eigenvalue weighted by atomic mass is 10.0. The van der Waals surface area contributed by atoms with E-state index in [2.05, 4.69) is 21.9 Å². The monoisotopic (exact) mass is 327 g/mol. The lowest BCUT2D eigenvalue weighted by Gasteiger charge is -2.14. The first-order chi connectivity index (χ1) is 11.1. The van der Waals surface area contributed by atoms with Gasteiger partial charge in [0.1, 0.15) is 5.69 Å². The smallest absolute Gasteiger partial charge is 0.107 e. The molecule has 1 aromatic carbocycles. The van der Waals surface area contributed by atoms with Crippen molar-refractivity contribution >= 4 is 11.3 Å². The predicted molar refractivity (Wildman–Crippen MR) is 94.4 cm³/mol. The molecule has 0 fully saturated rings. The molecular weight excluding hydrogens is 306 g/mol. The molecule has 0 saturated heterocycles. The van der Waals surface area contributed by atoms with Crippen LogP contribution in [0.15, 0.2) is 48.0 Å². The van der Waals surface area contributed by atoms with E-state index in [1.54, 1.807) is 11.3 Å². The van der Waals surface area contributed by atoms with E-state index in [1.807, 2.05) is 55.2 Å². The van der Waals surface area contributed by atoms with Crippen LogP contribution < -0.4 is 5.32 Å². The number of aromatic nitrogens is 2. The molecule has 4 nitrogen and oxygen atoms in total. The first kappa shape index (κ1) is 15.9. The normalized spacial score (nSPS) is 12.5. The van der Waals surface area contributed by atoms with Crippen LogP contribution in [0.2, 0.25) is 0 Å². The molecular formula is C18H21N3OS. The number of benzene rings is 1. The van der Waals surface area contributed by atoms with Crippen molar-refractivity contribution in [3.8, 4) is 10.6 Å². The molecule has 1 atom stereocenters. The first-order valence-corrected chi connectivity index (χ1v) is 8.54. The Hall–Kier alpha value is -1.95. The summed E-state index contributed by atoms with van der Waals surface area (Å²) in [6.45, 7) is 3.22. The molecule has 5 heteroatoms. The zero-order valence-electron chi connectivity index (χ0n) is 13.4. The highest BCUT2D eigenvalue weighted by atomic mass is 32.1. The average molecular weight is 327 g/mol. The van der Waals surface area contributed by atoms with Crippen LogP contribution in [0, 0.1) is 6.92 Å². The van der Waals surface area contributed by atoms with Gasteiger partial charge in [-0.05, 0) is 29.5 Å². The van der Waals surface area contributed by atoms with E-state index in [-0.39, 0.29) is 0 Å². The molecule has 1 unspecified atom stereocenters. The lowest BCUT2D eigenvalue weighted by Crippen LogP contribution is -2.21. The van der Waals surface area contributed by atoms with E-state index in [0.717, 1.165) is 22.4 Å². The second-order valence-corrected chi connectivity index (χ2v) is 6.60. The molecule has 0 saturated carbocycles. The van der Waals surface area contributed by atoms with Crippen molar-refractivity contribution in [2.75, 3.05) is 6.54 Å². The Labute approximate surface area is 140 Å². The summed E-state index contributed by atoms with van der Waals surface area (Å²) in [7, 11) is 1.93. The molecule has 23 heavy (non-hydrogen) atoms. The molecule has 2 aromatic heterocycles. The summed E-state index contributed by atoms with van der Waals surface area (Å²) in [4.78, 5) is 1.17. The summed E-state index contributed by atoms with van der Waals surface area (Å²) < 4.78 is 1.84. The number of aliphatic hydroxyl groups is 1. The second kappa shape index (κ2) is 7.08. The summed E-state index contributed by atoms with van der Waals surface area (Å²) in [6.07, 6.45) is 1.53. The SMILES string of the molecule is Cc1ccccc1C(O)CNCc1cn(C)nc1-c1cccs1. The van der Waals surface area contributed by atoms with Gasteiger partial charge in [0, 0.05) is 31.9 Å². The molecule has 3 aromatic rings. The predicted octanol–water partition coefficient (Wildman–Crippen LogP) is 3.28. The minimum Gasteiger partial charge on any atom is -0.387 e. The molecule has 0 aliphatic rings. The van der Waals surface area contributed by atoms with Crippen molar-refractivity contribution in [2.45, 2.75) is 19.6 Å². The van der Waals surface area contributed by atoms with Gasteiger partial charge in [-0.1, -0.05) is 30.3 Å². The van der Waals surface area contributed by atoms with Crippen molar-refractivity contribution in [3.63, 3.8) is 0 Å². The molecule has 0 bridgehead atoms. The quantitative estimate of drug-likeness (QED) is 0.730. The van der Waals surface area contributed by atoms with E-state index >= 15 is 0 Å². The maximum absolute atomic E-state index is 10.4. The zero-order valence-corrected chi connectivity index (χ0v) is 14.2. The van der Waals surface area contributed by atoms with Crippen LogP contribution in [0.3, 0.4) is 0 Å². The van der Waals surface area contributed by atoms with Crippen molar-refractivity contribution in [2.24, 2.45) is 7.05 Å². The highest BCUT2D eigenvalue weighted by Crippen LogP contribution is 2.26. The summed E-state index contributed by atoms with van der Waals surface area (Å²) in [5, 5.41) is 20.3. The van der Waals surface area contributed by atoms with Crippen LogP contribution in [0.4, 0.5) is 0 Å². The second-order valence-electron chi connectivity index (χ2n) is 5.66. The van der Waals surface area contributed by atoms with E-state index in [4.69, 9.17) is 0 Å². The number of aliphatic hydroxyl groups excluding tert-OH is 1. The van der Waals surface area contributed by atoms with E-state index in [1.165, 1.54) is 4.88 Å². The topological polar surface area (TPSA) is 50.1 Å². The molecule has 0 radical (unpaired) electrons. The Balaban J connectivity index is 1.64. The minimum absolute atomic E-state index is 0.502. The van der Waals surface area contributed by atoms with Crippen LogP contribution in [0.5, 0.6) is 0 Å². The van der Waals surface area contributed by atoms with E-state index in [0.29, 0.717) is 13.1 Å². The first-order valence-electron chi connectivity index (χ1n) is 7.66. The molecule has 0 amide bonds. The van der Waals surface area contributed by atoms with Crippen LogP contribution >= 0.6 is 11.3 Å². The molecule has 0 spiro atoms. The van der Waals surface area contributed by atoms with Crippen LogP contribution in [-0.2, 0) is 13.6 Å². The Kier molecular flexibility index (Phi) is 4.91. The summed E-state index contributed by atoms with van der Waals surface area (Å²) in [5.41, 5.74) is 4.25. The van der Waals surface area contributed by atoms with E-state index in [9.17, 15) is 5.11 Å². The third-order valence-electron chi connectivity index (χ3n) is 3.86. The third kappa shape index (κ3) is 3.69. The Morgan fingerprint density at radius 3 is 2.83 bits per heavy atom. The van der Waals surface area contributed by atoms with Gasteiger partial charge >= 0.3 is 0 Å². The fraction of sp³-hybridized carbons (Fsp3) is 0.278. The Bertz CT molecular complexity index is 764. The summed E-state index contributed by atoms with van der Waals surface area (Å²) in [6, 6.07) is 12.1. The number of rotatable bonds is 6. The highest BCUT2D eigenvalue weighted by Gasteiger charge is 2.13. The van der Waals surface area contributed by atoms with Gasteiger partial charge < -0.3 is 10.4 Å². The number of nitrogens with zero attached hydrogens (tertiary/aromatic N) is 2. The number of nitrogens with one attached hydrogen (secondary N) is 1. The third-order valence-corrected chi connectivity index (χ3v) is 4.74. The molecule has 2 N–H and O–H groups in total. The maximum Gasteiger partial charge on any atom is 0.107 e. The maximum atomic E-state index is 10.4. The van der Waals surface area contributed by atoms with Gasteiger partial charge in [0.25, 0.3) is 0 Å². The van der Waals surface area contributed by atoms with Gasteiger partial charge in [0.15, 0.2) is 0 Å². The number of thiophene rings is 1. The minimum atomic E-state index is -0.502. The van der Waals surface area contributed by atoms with Crippen molar-refractivity contribution in [1.29, 1.82) is 0 Å². The van der Waals surface area contributed by atoms with Gasteiger partial charge in [-0.2, -0.15) is 5.10 Å². The molecule has 120 valence electrons. The van der Waals surface area contributed by atoms with Crippen molar-refractivity contribution in [1.82, 2.24) is 15.1 Å². The van der Waals surface area contributed by atoms with Crippen LogP contribution in [-0.4, -0.2) is 21.4 Å². The fourth-order valence-electron chi connectivity index (χ4n) is 2.70. The fourth-order valence-corrected chi connectivity index (χ4v) is 3.45. The number of hydrogen-bond donors (Lipinski definition) is 2. The average Bonchev–Trinajstić information content (AvgIpc) is 3.17. The number of hydrogen-bond acceptors (Lipinski definition) is 4. The van der Waals surface area contributed by atoms with Gasteiger partial charge in [-0.15, -0.1) is 11.3 Å². The van der Waals surface area contributed by atoms with Crippen molar-refractivity contribution < 1.29 is 5.11 Å². The van der Waals surface area contributed by atoms with Crippen LogP contribution in [0.25, 0.3) is 10.6 Å². The largest absolute Gasteiger partial charge is 0.387 e. The van der Waals surface area contributed by atoms with Crippen LogP contribution in [0.1, 0.15) is 22.8 Å².